The summed E-state index contributed by atoms with van der Waals surface area (Å²) < 4.78 is 29.0. The number of para-hydroxylation sites is 1. The quantitative estimate of drug-likeness (QED) is 0.254. The first-order chi connectivity index (χ1) is 20.1. The largest absolute Gasteiger partial charge is 0.352 e. The third-order valence-corrected chi connectivity index (χ3v) is 9.96. The van der Waals surface area contributed by atoms with Crippen molar-refractivity contribution in [2.24, 2.45) is 0 Å². The van der Waals surface area contributed by atoms with Crippen LogP contribution in [0.4, 0.5) is 5.69 Å². The Morgan fingerprint density at radius 1 is 0.929 bits per heavy atom. The number of hydrogen-bond donors (Lipinski definition) is 1. The molecule has 0 aromatic heterocycles. The van der Waals surface area contributed by atoms with Crippen LogP contribution in [0.3, 0.4) is 0 Å². The van der Waals surface area contributed by atoms with Crippen molar-refractivity contribution in [1.29, 1.82) is 0 Å². The maximum absolute atomic E-state index is 14.2. The van der Waals surface area contributed by atoms with Gasteiger partial charge in [0.2, 0.25) is 11.8 Å². The van der Waals surface area contributed by atoms with Crippen LogP contribution in [-0.4, -0.2) is 43.8 Å². The molecule has 1 aliphatic carbocycles. The van der Waals surface area contributed by atoms with Gasteiger partial charge in [0.25, 0.3) is 10.0 Å². The Kier molecular flexibility index (Phi) is 10.9. The molecule has 7 nitrogen and oxygen atoms in total. The fourth-order valence-corrected chi connectivity index (χ4v) is 7.10. The summed E-state index contributed by atoms with van der Waals surface area (Å²) in [5.41, 5.74) is 1.85. The molecule has 2 amide bonds. The highest BCUT2D eigenvalue weighted by Crippen LogP contribution is 2.31. The van der Waals surface area contributed by atoms with Gasteiger partial charge in [-0.2, -0.15) is 0 Å². The first-order valence-electron chi connectivity index (χ1n) is 14.3. The Morgan fingerprint density at radius 2 is 1.57 bits per heavy atom. The van der Waals surface area contributed by atoms with Crippen LogP contribution in [0, 0.1) is 6.92 Å². The monoisotopic (exact) mass is 629 g/mol. The lowest BCUT2D eigenvalue weighted by Crippen LogP contribution is -2.54. The van der Waals surface area contributed by atoms with Crippen molar-refractivity contribution in [2.45, 2.75) is 75.9 Å². The Labute approximate surface area is 258 Å². The van der Waals surface area contributed by atoms with Crippen LogP contribution in [0.2, 0.25) is 10.0 Å². The van der Waals surface area contributed by atoms with Gasteiger partial charge in [-0.15, -0.1) is 0 Å². The molecule has 1 atom stereocenters. The standard InChI is InChI=1S/C32H37Cl2N3O4S/c1-3-29(32(39)35-26-9-5-4-6-10-26)36(21-24-15-17-25(33)18-16-24)31(38)22-37(30-12-8-7-11-28(30)34)42(40,41)27-19-13-23(2)14-20-27/h7-8,11-20,26,29H,3-6,9-10,21-22H2,1-2H3,(H,35,39)/t29-/m1/s1. The summed E-state index contributed by atoms with van der Waals surface area (Å²) in [7, 11) is -4.19. The fraction of sp³-hybridized carbons (Fsp3) is 0.375. The first kappa shape index (κ1) is 31.9. The highest BCUT2D eigenvalue weighted by atomic mass is 35.5. The Morgan fingerprint density at radius 3 is 2.19 bits per heavy atom. The third kappa shape index (κ3) is 7.85. The number of nitrogens with one attached hydrogen (secondary N) is 1. The molecule has 1 N–H and O–H groups in total. The summed E-state index contributed by atoms with van der Waals surface area (Å²) in [4.78, 5) is 29.3. The van der Waals surface area contributed by atoms with Gasteiger partial charge < -0.3 is 10.2 Å². The molecule has 224 valence electrons. The maximum Gasteiger partial charge on any atom is 0.264 e. The van der Waals surface area contributed by atoms with Crippen LogP contribution < -0.4 is 9.62 Å². The number of rotatable bonds is 11. The number of nitrogens with zero attached hydrogens (tertiary/aromatic N) is 2. The van der Waals surface area contributed by atoms with Gasteiger partial charge in [0.15, 0.2) is 0 Å². The number of anilines is 1. The van der Waals surface area contributed by atoms with Crippen LogP contribution in [0.15, 0.2) is 77.7 Å². The molecule has 3 aromatic rings. The average molecular weight is 631 g/mol. The maximum atomic E-state index is 14.2. The van der Waals surface area contributed by atoms with E-state index in [0.29, 0.717) is 11.4 Å². The minimum Gasteiger partial charge on any atom is -0.352 e. The summed E-state index contributed by atoms with van der Waals surface area (Å²) >= 11 is 12.6. The van der Waals surface area contributed by atoms with E-state index in [0.717, 1.165) is 47.5 Å². The number of benzene rings is 3. The lowest BCUT2D eigenvalue weighted by Gasteiger charge is -2.34. The van der Waals surface area contributed by atoms with Gasteiger partial charge in [0, 0.05) is 17.6 Å². The van der Waals surface area contributed by atoms with Crippen molar-refractivity contribution < 1.29 is 18.0 Å². The van der Waals surface area contributed by atoms with Crippen LogP contribution in [-0.2, 0) is 26.2 Å². The highest BCUT2D eigenvalue weighted by Gasteiger charge is 2.35. The number of hydrogen-bond acceptors (Lipinski definition) is 4. The van der Waals surface area contributed by atoms with Crippen molar-refractivity contribution in [1.82, 2.24) is 10.2 Å². The van der Waals surface area contributed by atoms with Gasteiger partial charge >= 0.3 is 0 Å². The van der Waals surface area contributed by atoms with E-state index in [1.165, 1.54) is 17.0 Å². The van der Waals surface area contributed by atoms with Crippen LogP contribution >= 0.6 is 23.2 Å². The van der Waals surface area contributed by atoms with Crippen molar-refractivity contribution in [3.05, 3.63) is 94.0 Å². The molecule has 4 rings (SSSR count). The zero-order valence-electron chi connectivity index (χ0n) is 23.9. The SMILES string of the molecule is CC[C@H](C(=O)NC1CCCCC1)N(Cc1ccc(Cl)cc1)C(=O)CN(c1ccccc1Cl)S(=O)(=O)c1ccc(C)cc1. The third-order valence-electron chi connectivity index (χ3n) is 7.61. The second-order valence-corrected chi connectivity index (χ2v) is 13.4. The van der Waals surface area contributed by atoms with E-state index >= 15 is 0 Å². The zero-order chi connectivity index (χ0) is 30.3. The molecule has 1 aliphatic rings. The number of sulfonamides is 1. The number of carbonyl (C=O) groups excluding carboxylic acids is 2. The Balaban J connectivity index is 1.71. The van der Waals surface area contributed by atoms with E-state index in [9.17, 15) is 18.0 Å². The molecule has 0 heterocycles. The van der Waals surface area contributed by atoms with Crippen LogP contribution in [0.1, 0.15) is 56.6 Å². The second-order valence-electron chi connectivity index (χ2n) is 10.7. The van der Waals surface area contributed by atoms with E-state index in [-0.39, 0.29) is 34.1 Å². The van der Waals surface area contributed by atoms with Crippen LogP contribution in [0.5, 0.6) is 0 Å². The average Bonchev–Trinajstić information content (AvgIpc) is 2.98. The summed E-state index contributed by atoms with van der Waals surface area (Å²) in [6.07, 6.45) is 5.43. The van der Waals surface area contributed by atoms with E-state index in [2.05, 4.69) is 5.32 Å². The predicted molar refractivity (Wildman–Crippen MR) is 168 cm³/mol. The summed E-state index contributed by atoms with van der Waals surface area (Å²) in [5, 5.41) is 3.88. The van der Waals surface area contributed by atoms with Gasteiger partial charge in [-0.25, -0.2) is 8.42 Å². The molecule has 0 spiro atoms. The molecule has 0 bridgehead atoms. The van der Waals surface area contributed by atoms with E-state index < -0.39 is 28.5 Å². The number of halogens is 2. The topological polar surface area (TPSA) is 86.8 Å². The Hall–Kier alpha value is -3.07. The van der Waals surface area contributed by atoms with E-state index in [1.54, 1.807) is 60.7 Å². The van der Waals surface area contributed by atoms with Gasteiger partial charge in [0.05, 0.1) is 15.6 Å². The molecule has 1 saturated carbocycles. The highest BCUT2D eigenvalue weighted by molar-refractivity contribution is 7.92. The number of amides is 2. The fourth-order valence-electron chi connectivity index (χ4n) is 5.26. The van der Waals surface area contributed by atoms with Gasteiger partial charge in [0.1, 0.15) is 12.6 Å². The molecule has 0 aliphatic heterocycles. The molecule has 3 aromatic carbocycles. The number of carbonyl (C=O) groups is 2. The van der Waals surface area contributed by atoms with Crippen molar-refractivity contribution in [3.8, 4) is 0 Å². The van der Waals surface area contributed by atoms with Crippen LogP contribution in [0.25, 0.3) is 0 Å². The normalized spacial score (nSPS) is 14.7. The summed E-state index contributed by atoms with van der Waals surface area (Å²) in [5.74, 6) is -0.761. The Bertz CT molecular complexity index is 1470. The minimum absolute atomic E-state index is 0.0344. The van der Waals surface area contributed by atoms with E-state index in [4.69, 9.17) is 23.2 Å². The van der Waals surface area contributed by atoms with Crippen molar-refractivity contribution >= 4 is 50.7 Å². The van der Waals surface area contributed by atoms with Gasteiger partial charge in [-0.1, -0.05) is 91.3 Å². The van der Waals surface area contributed by atoms with Gasteiger partial charge in [-0.05, 0) is 68.1 Å². The number of aryl methyl sites for hydroxylation is 1. The lowest BCUT2D eigenvalue weighted by molar-refractivity contribution is -0.140. The van der Waals surface area contributed by atoms with Crippen molar-refractivity contribution in [3.63, 3.8) is 0 Å². The molecule has 1 fully saturated rings. The molecule has 10 heteroatoms. The van der Waals surface area contributed by atoms with E-state index in [1.807, 2.05) is 13.8 Å². The lowest BCUT2D eigenvalue weighted by atomic mass is 9.95. The summed E-state index contributed by atoms with van der Waals surface area (Å²) in [6.45, 7) is 3.28. The summed E-state index contributed by atoms with van der Waals surface area (Å²) in [6, 6.07) is 19.2. The minimum atomic E-state index is -4.19. The molecule has 42 heavy (non-hydrogen) atoms. The van der Waals surface area contributed by atoms with Crippen molar-refractivity contribution in [2.75, 3.05) is 10.8 Å². The smallest absolute Gasteiger partial charge is 0.264 e. The molecule has 0 radical (unpaired) electrons. The predicted octanol–water partition coefficient (Wildman–Crippen LogP) is 6.75. The second kappa shape index (κ2) is 14.4. The molecule has 0 saturated heterocycles. The zero-order valence-corrected chi connectivity index (χ0v) is 26.3. The van der Waals surface area contributed by atoms with Gasteiger partial charge in [-0.3, -0.25) is 13.9 Å². The molecule has 0 unspecified atom stereocenters. The molecular weight excluding hydrogens is 593 g/mol. The molecular formula is C32H37Cl2N3O4S. The first-order valence-corrected chi connectivity index (χ1v) is 16.5.